The molecular weight excluding hydrogens is 248 g/mol. The Kier molecular flexibility index (Phi) is 6.62. The molecule has 1 rings (SSSR count). The van der Waals surface area contributed by atoms with Gasteiger partial charge in [0.1, 0.15) is 6.61 Å². The summed E-state index contributed by atoms with van der Waals surface area (Å²) in [6.45, 7) is 5.78. The van der Waals surface area contributed by atoms with Gasteiger partial charge in [-0.15, -0.1) is 0 Å². The predicted molar refractivity (Wildman–Crippen MR) is 70.8 cm³/mol. The van der Waals surface area contributed by atoms with E-state index in [1.807, 2.05) is 13.8 Å². The molecule has 0 aromatic heterocycles. The molecule has 2 amide bonds. The first-order valence-corrected chi connectivity index (χ1v) is 6.73. The zero-order chi connectivity index (χ0) is 14.3. The van der Waals surface area contributed by atoms with Crippen LogP contribution in [0.25, 0.3) is 0 Å². The molecule has 1 saturated heterocycles. The number of likely N-dealkylation sites (tertiary alicyclic amines) is 1. The summed E-state index contributed by atoms with van der Waals surface area (Å²) in [5, 5.41) is 2.89. The van der Waals surface area contributed by atoms with Gasteiger partial charge >= 0.3 is 6.09 Å². The van der Waals surface area contributed by atoms with Crippen LogP contribution in [0.4, 0.5) is 4.79 Å². The Hall–Kier alpha value is -1.30. The molecule has 0 bridgehead atoms. The minimum atomic E-state index is -0.254. The second-order valence-electron chi connectivity index (χ2n) is 5.23. The summed E-state index contributed by atoms with van der Waals surface area (Å²) in [6, 6.07) is 0.122. The predicted octanol–water partition coefficient (Wildman–Crippen LogP) is 1.01. The number of hydrogen-bond acceptors (Lipinski definition) is 4. The zero-order valence-electron chi connectivity index (χ0n) is 12.0. The zero-order valence-corrected chi connectivity index (χ0v) is 12.0. The highest BCUT2D eigenvalue weighted by atomic mass is 16.6. The molecule has 6 nitrogen and oxygen atoms in total. The van der Waals surface area contributed by atoms with Crippen molar-refractivity contribution in [3.05, 3.63) is 0 Å². The fourth-order valence-corrected chi connectivity index (χ4v) is 1.94. The Bertz CT molecular complexity index is 299. The van der Waals surface area contributed by atoms with E-state index in [0.29, 0.717) is 25.6 Å². The Balaban J connectivity index is 2.24. The molecule has 0 radical (unpaired) electrons. The molecule has 1 N–H and O–H groups in total. The van der Waals surface area contributed by atoms with E-state index in [4.69, 9.17) is 9.47 Å². The Labute approximate surface area is 114 Å². The van der Waals surface area contributed by atoms with E-state index in [-0.39, 0.29) is 24.6 Å². The van der Waals surface area contributed by atoms with Crippen molar-refractivity contribution in [3.63, 3.8) is 0 Å². The van der Waals surface area contributed by atoms with Crippen molar-refractivity contribution in [1.29, 1.82) is 0 Å². The molecular formula is C13H24N2O4. The van der Waals surface area contributed by atoms with Gasteiger partial charge in [-0.05, 0) is 18.8 Å². The van der Waals surface area contributed by atoms with Gasteiger partial charge in [0.15, 0.2) is 0 Å². The van der Waals surface area contributed by atoms with Gasteiger partial charge in [0.25, 0.3) is 0 Å². The molecule has 1 heterocycles. The van der Waals surface area contributed by atoms with Gasteiger partial charge in [0, 0.05) is 26.2 Å². The van der Waals surface area contributed by atoms with E-state index in [2.05, 4.69) is 5.32 Å². The van der Waals surface area contributed by atoms with Crippen LogP contribution in [-0.4, -0.2) is 56.4 Å². The van der Waals surface area contributed by atoms with Crippen molar-refractivity contribution in [2.45, 2.75) is 32.7 Å². The average Bonchev–Trinajstić information content (AvgIpc) is 2.37. The number of carbonyl (C=O) groups is 2. The number of ether oxygens (including phenoxy) is 2. The number of methoxy groups -OCH3 is 1. The third kappa shape index (κ3) is 5.92. The van der Waals surface area contributed by atoms with E-state index in [0.717, 1.165) is 12.8 Å². The lowest BCUT2D eigenvalue weighted by atomic mass is 10.1. The first-order chi connectivity index (χ1) is 9.02. The van der Waals surface area contributed by atoms with E-state index in [1.165, 1.54) is 7.11 Å². The van der Waals surface area contributed by atoms with Crippen LogP contribution < -0.4 is 5.32 Å². The van der Waals surface area contributed by atoms with Crippen LogP contribution in [-0.2, 0) is 14.3 Å². The lowest BCUT2D eigenvalue weighted by Crippen LogP contribution is -2.47. The van der Waals surface area contributed by atoms with Gasteiger partial charge in [0.05, 0.1) is 6.61 Å². The van der Waals surface area contributed by atoms with Gasteiger partial charge in [-0.25, -0.2) is 4.79 Å². The molecule has 0 unspecified atom stereocenters. The quantitative estimate of drug-likeness (QED) is 0.811. The first-order valence-electron chi connectivity index (χ1n) is 6.73. The summed E-state index contributed by atoms with van der Waals surface area (Å²) >= 11 is 0. The number of piperidine rings is 1. The minimum absolute atomic E-state index is 0.0800. The minimum Gasteiger partial charge on any atom is -0.449 e. The second kappa shape index (κ2) is 7.99. The molecule has 0 spiro atoms. The van der Waals surface area contributed by atoms with Gasteiger partial charge in [0.2, 0.25) is 5.91 Å². The summed E-state index contributed by atoms with van der Waals surface area (Å²) < 4.78 is 9.94. The molecule has 0 atom stereocenters. The maximum atomic E-state index is 11.7. The summed E-state index contributed by atoms with van der Waals surface area (Å²) in [5.41, 5.74) is 0. The highest BCUT2D eigenvalue weighted by Crippen LogP contribution is 2.11. The standard InChI is InChI=1S/C13H24N2O4/c1-10(2)8-19-13(17)15-6-4-11(5-7-15)14-12(16)9-18-3/h10-11H,4-9H2,1-3H3,(H,14,16). The van der Waals surface area contributed by atoms with E-state index < -0.39 is 0 Å². The van der Waals surface area contributed by atoms with Crippen LogP contribution in [0.3, 0.4) is 0 Å². The summed E-state index contributed by atoms with van der Waals surface area (Å²) in [4.78, 5) is 24.8. The van der Waals surface area contributed by atoms with Gasteiger partial charge in [-0.2, -0.15) is 0 Å². The van der Waals surface area contributed by atoms with E-state index in [9.17, 15) is 9.59 Å². The largest absolute Gasteiger partial charge is 0.449 e. The Morgan fingerprint density at radius 1 is 1.32 bits per heavy atom. The maximum Gasteiger partial charge on any atom is 0.409 e. The van der Waals surface area contributed by atoms with Crippen molar-refractivity contribution in [2.24, 2.45) is 5.92 Å². The van der Waals surface area contributed by atoms with Gasteiger partial charge < -0.3 is 19.7 Å². The first kappa shape index (κ1) is 15.8. The number of carbonyl (C=O) groups excluding carboxylic acids is 2. The number of amides is 2. The molecule has 0 aliphatic carbocycles. The highest BCUT2D eigenvalue weighted by Gasteiger charge is 2.24. The summed E-state index contributed by atoms with van der Waals surface area (Å²) in [6.07, 6.45) is 1.26. The third-order valence-electron chi connectivity index (χ3n) is 2.93. The summed E-state index contributed by atoms with van der Waals surface area (Å²) in [7, 11) is 1.49. The molecule has 0 aromatic carbocycles. The highest BCUT2D eigenvalue weighted by molar-refractivity contribution is 5.77. The molecule has 0 saturated carbocycles. The topological polar surface area (TPSA) is 67.9 Å². The third-order valence-corrected chi connectivity index (χ3v) is 2.93. The lowest BCUT2D eigenvalue weighted by molar-refractivity contribution is -0.125. The SMILES string of the molecule is COCC(=O)NC1CCN(C(=O)OCC(C)C)CC1. The molecule has 19 heavy (non-hydrogen) atoms. The number of nitrogens with one attached hydrogen (secondary N) is 1. The molecule has 1 aliphatic heterocycles. The molecule has 6 heteroatoms. The van der Waals surface area contributed by atoms with Crippen molar-refractivity contribution in [2.75, 3.05) is 33.4 Å². The Morgan fingerprint density at radius 2 is 1.95 bits per heavy atom. The van der Waals surface area contributed by atoms with Crippen molar-refractivity contribution < 1.29 is 19.1 Å². The fourth-order valence-electron chi connectivity index (χ4n) is 1.94. The van der Waals surface area contributed by atoms with Crippen LogP contribution in [0.1, 0.15) is 26.7 Å². The van der Waals surface area contributed by atoms with Crippen molar-refractivity contribution in [3.8, 4) is 0 Å². The molecule has 110 valence electrons. The van der Waals surface area contributed by atoms with Gasteiger partial charge in [-0.3, -0.25) is 4.79 Å². The van der Waals surface area contributed by atoms with Crippen LogP contribution >= 0.6 is 0 Å². The van der Waals surface area contributed by atoms with Crippen LogP contribution in [0.5, 0.6) is 0 Å². The second-order valence-corrected chi connectivity index (χ2v) is 5.23. The molecule has 1 aliphatic rings. The number of rotatable bonds is 5. The number of nitrogens with zero attached hydrogens (tertiary/aromatic N) is 1. The van der Waals surface area contributed by atoms with E-state index in [1.54, 1.807) is 4.90 Å². The maximum absolute atomic E-state index is 11.7. The smallest absolute Gasteiger partial charge is 0.409 e. The van der Waals surface area contributed by atoms with Crippen LogP contribution in [0, 0.1) is 5.92 Å². The van der Waals surface area contributed by atoms with E-state index >= 15 is 0 Å². The van der Waals surface area contributed by atoms with Crippen LogP contribution in [0.2, 0.25) is 0 Å². The Morgan fingerprint density at radius 3 is 2.47 bits per heavy atom. The van der Waals surface area contributed by atoms with Crippen LogP contribution in [0.15, 0.2) is 0 Å². The summed E-state index contributed by atoms with van der Waals surface area (Å²) in [5.74, 6) is 0.234. The average molecular weight is 272 g/mol. The van der Waals surface area contributed by atoms with Crippen molar-refractivity contribution in [1.82, 2.24) is 10.2 Å². The van der Waals surface area contributed by atoms with Gasteiger partial charge in [-0.1, -0.05) is 13.8 Å². The normalized spacial score (nSPS) is 16.5. The number of hydrogen-bond donors (Lipinski definition) is 1. The monoisotopic (exact) mass is 272 g/mol. The fraction of sp³-hybridized carbons (Fsp3) is 0.846. The molecule has 1 fully saturated rings. The molecule has 0 aromatic rings. The lowest BCUT2D eigenvalue weighted by Gasteiger charge is -2.31. The van der Waals surface area contributed by atoms with Crippen molar-refractivity contribution >= 4 is 12.0 Å².